The van der Waals surface area contributed by atoms with Crippen LogP contribution in [0.3, 0.4) is 0 Å². The Morgan fingerprint density at radius 2 is 1.71 bits per heavy atom. The number of rotatable bonds is 3. The Hall–Kier alpha value is -0.530. The van der Waals surface area contributed by atoms with Crippen molar-refractivity contribution in [2.45, 2.75) is 38.5 Å². The van der Waals surface area contributed by atoms with E-state index in [0.717, 1.165) is 18.4 Å². The van der Waals surface area contributed by atoms with Gasteiger partial charge in [-0.3, -0.25) is 4.79 Å². The topological polar surface area (TPSA) is 17.1 Å². The van der Waals surface area contributed by atoms with Crippen molar-refractivity contribution in [3.63, 3.8) is 0 Å². The second-order valence-electron chi connectivity index (χ2n) is 4.68. The van der Waals surface area contributed by atoms with E-state index in [4.69, 9.17) is 23.2 Å². The fourth-order valence-electron chi connectivity index (χ4n) is 2.44. The van der Waals surface area contributed by atoms with Crippen molar-refractivity contribution < 1.29 is 4.79 Å². The number of hydrogen-bond acceptors (Lipinski definition) is 1. The molecule has 2 rings (SSSR count). The molecule has 1 aliphatic rings. The second-order valence-corrected chi connectivity index (χ2v) is 5.49. The minimum absolute atomic E-state index is 0.219. The molecule has 1 aliphatic carbocycles. The summed E-state index contributed by atoms with van der Waals surface area (Å²) >= 11 is 12.2. The van der Waals surface area contributed by atoms with Gasteiger partial charge in [-0.05, 0) is 30.5 Å². The molecule has 0 atom stereocenters. The summed E-state index contributed by atoms with van der Waals surface area (Å²) in [5.74, 6) is 0.510. The van der Waals surface area contributed by atoms with Crippen molar-refractivity contribution in [1.82, 2.24) is 0 Å². The predicted octanol–water partition coefficient (Wildman–Crippen LogP) is 4.69. The first-order valence-electron chi connectivity index (χ1n) is 6.14. The van der Waals surface area contributed by atoms with Crippen LogP contribution in [0.4, 0.5) is 0 Å². The lowest BCUT2D eigenvalue weighted by Gasteiger charge is -2.20. The van der Waals surface area contributed by atoms with Crippen LogP contribution in [0.25, 0.3) is 0 Å². The van der Waals surface area contributed by atoms with Gasteiger partial charge in [-0.1, -0.05) is 48.5 Å². The van der Waals surface area contributed by atoms with Crippen LogP contribution >= 0.6 is 23.2 Å². The molecule has 3 heteroatoms. The first kappa shape index (κ1) is 12.9. The monoisotopic (exact) mass is 270 g/mol. The molecule has 0 radical (unpaired) electrons. The zero-order valence-electron chi connectivity index (χ0n) is 9.72. The van der Waals surface area contributed by atoms with E-state index >= 15 is 0 Å². The average Bonchev–Trinajstić information content (AvgIpc) is 2.35. The molecule has 17 heavy (non-hydrogen) atoms. The van der Waals surface area contributed by atoms with Crippen molar-refractivity contribution in [3.05, 3.63) is 33.8 Å². The van der Waals surface area contributed by atoms with Gasteiger partial charge < -0.3 is 0 Å². The third-order valence-corrected chi connectivity index (χ3v) is 4.18. The molecule has 0 N–H and O–H groups in total. The number of Topliss-reactive ketones (excluding diaryl/α,β-unsaturated/α-hetero) is 1. The molecule has 0 aromatic heterocycles. The van der Waals surface area contributed by atoms with Gasteiger partial charge in [-0.2, -0.15) is 0 Å². The highest BCUT2D eigenvalue weighted by Gasteiger charge is 2.22. The lowest BCUT2D eigenvalue weighted by molar-refractivity contribution is -0.123. The molecular weight excluding hydrogens is 255 g/mol. The van der Waals surface area contributed by atoms with Crippen LogP contribution in [0, 0.1) is 5.92 Å². The van der Waals surface area contributed by atoms with Gasteiger partial charge >= 0.3 is 0 Å². The third-order valence-electron chi connectivity index (χ3n) is 3.47. The fraction of sp³-hybridized carbons (Fsp3) is 0.500. The van der Waals surface area contributed by atoms with Crippen LogP contribution in [0.5, 0.6) is 0 Å². The van der Waals surface area contributed by atoms with E-state index in [1.807, 2.05) is 0 Å². The van der Waals surface area contributed by atoms with Gasteiger partial charge in [0.25, 0.3) is 0 Å². The van der Waals surface area contributed by atoms with Crippen molar-refractivity contribution in [1.29, 1.82) is 0 Å². The normalized spacial score (nSPS) is 17.1. The SMILES string of the molecule is O=C(Cc1c(Cl)cccc1Cl)C1CCCCC1. The zero-order valence-corrected chi connectivity index (χ0v) is 11.2. The van der Waals surface area contributed by atoms with E-state index in [0.29, 0.717) is 22.2 Å². The quantitative estimate of drug-likeness (QED) is 0.779. The number of hydrogen-bond donors (Lipinski definition) is 0. The van der Waals surface area contributed by atoms with Crippen molar-refractivity contribution in [2.75, 3.05) is 0 Å². The summed E-state index contributed by atoms with van der Waals surface area (Å²) in [6, 6.07) is 5.38. The van der Waals surface area contributed by atoms with Crippen molar-refractivity contribution >= 4 is 29.0 Å². The molecule has 1 aromatic rings. The van der Waals surface area contributed by atoms with Gasteiger partial charge in [0.05, 0.1) is 0 Å². The van der Waals surface area contributed by atoms with Crippen molar-refractivity contribution in [2.24, 2.45) is 5.92 Å². The highest BCUT2D eigenvalue weighted by atomic mass is 35.5. The summed E-state index contributed by atoms with van der Waals surface area (Å²) in [5.41, 5.74) is 0.784. The van der Waals surface area contributed by atoms with Gasteiger partial charge in [0, 0.05) is 22.4 Å². The van der Waals surface area contributed by atoms with Crippen molar-refractivity contribution in [3.8, 4) is 0 Å². The summed E-state index contributed by atoms with van der Waals surface area (Å²) in [6.07, 6.45) is 6.04. The molecule has 0 bridgehead atoms. The number of benzene rings is 1. The minimum Gasteiger partial charge on any atom is -0.299 e. The van der Waals surface area contributed by atoms with E-state index in [9.17, 15) is 4.79 Å². The molecule has 0 amide bonds. The smallest absolute Gasteiger partial charge is 0.140 e. The second kappa shape index (κ2) is 5.88. The van der Waals surface area contributed by atoms with Crippen LogP contribution in [0.15, 0.2) is 18.2 Å². The Morgan fingerprint density at radius 1 is 1.12 bits per heavy atom. The fourth-order valence-corrected chi connectivity index (χ4v) is 2.98. The Kier molecular flexibility index (Phi) is 4.47. The van der Waals surface area contributed by atoms with Crippen LogP contribution in [-0.2, 0) is 11.2 Å². The predicted molar refractivity (Wildman–Crippen MR) is 71.7 cm³/mol. The maximum atomic E-state index is 12.2. The van der Waals surface area contributed by atoms with Gasteiger partial charge in [0.1, 0.15) is 5.78 Å². The first-order chi connectivity index (χ1) is 8.18. The summed E-state index contributed by atoms with van der Waals surface area (Å²) in [5, 5.41) is 1.20. The first-order valence-corrected chi connectivity index (χ1v) is 6.89. The van der Waals surface area contributed by atoms with Gasteiger partial charge in [0.2, 0.25) is 0 Å². The van der Waals surface area contributed by atoms with Crippen LogP contribution < -0.4 is 0 Å². The van der Waals surface area contributed by atoms with Crippen LogP contribution in [-0.4, -0.2) is 5.78 Å². The standard InChI is InChI=1S/C14H16Cl2O/c15-12-7-4-8-13(16)11(12)9-14(17)10-5-2-1-3-6-10/h4,7-8,10H,1-3,5-6,9H2. The summed E-state index contributed by atoms with van der Waals surface area (Å²) < 4.78 is 0. The summed E-state index contributed by atoms with van der Waals surface area (Å²) in [7, 11) is 0. The summed E-state index contributed by atoms with van der Waals surface area (Å²) in [4.78, 5) is 12.2. The van der Waals surface area contributed by atoms with E-state index in [-0.39, 0.29) is 5.92 Å². The average molecular weight is 271 g/mol. The van der Waals surface area contributed by atoms with E-state index in [1.165, 1.54) is 19.3 Å². The number of carbonyl (C=O) groups excluding carboxylic acids is 1. The molecule has 0 heterocycles. The Labute approximate surface area is 112 Å². The molecule has 1 saturated carbocycles. The molecule has 1 nitrogen and oxygen atoms in total. The Bertz CT molecular complexity index is 388. The Morgan fingerprint density at radius 3 is 2.29 bits per heavy atom. The molecule has 92 valence electrons. The van der Waals surface area contributed by atoms with Gasteiger partial charge in [-0.25, -0.2) is 0 Å². The highest BCUT2D eigenvalue weighted by Crippen LogP contribution is 2.29. The largest absolute Gasteiger partial charge is 0.299 e. The molecule has 1 aromatic carbocycles. The molecule has 0 saturated heterocycles. The third kappa shape index (κ3) is 3.23. The molecule has 0 spiro atoms. The lowest BCUT2D eigenvalue weighted by atomic mass is 9.84. The molecule has 0 aliphatic heterocycles. The lowest BCUT2D eigenvalue weighted by Crippen LogP contribution is -2.19. The van der Waals surface area contributed by atoms with Crippen LogP contribution in [0.1, 0.15) is 37.7 Å². The van der Waals surface area contributed by atoms with E-state index in [2.05, 4.69) is 0 Å². The minimum atomic E-state index is 0.219. The molecule has 1 fully saturated rings. The molecular formula is C14H16Cl2O. The number of ketones is 1. The van der Waals surface area contributed by atoms with E-state index in [1.54, 1.807) is 18.2 Å². The van der Waals surface area contributed by atoms with Gasteiger partial charge in [-0.15, -0.1) is 0 Å². The summed E-state index contributed by atoms with van der Waals surface area (Å²) in [6.45, 7) is 0. The van der Waals surface area contributed by atoms with E-state index < -0.39 is 0 Å². The number of carbonyl (C=O) groups is 1. The molecule has 0 unspecified atom stereocenters. The maximum Gasteiger partial charge on any atom is 0.140 e. The maximum absolute atomic E-state index is 12.2. The van der Waals surface area contributed by atoms with Gasteiger partial charge in [0.15, 0.2) is 0 Å². The Balaban J connectivity index is 2.07. The highest BCUT2D eigenvalue weighted by molar-refractivity contribution is 6.36. The number of halogens is 2. The zero-order chi connectivity index (χ0) is 12.3. The van der Waals surface area contributed by atoms with Crippen LogP contribution in [0.2, 0.25) is 10.0 Å².